The summed E-state index contributed by atoms with van der Waals surface area (Å²) >= 11 is 0. The molecule has 11 nitrogen and oxygen atoms in total. The molecule has 2 aliphatic rings. The predicted molar refractivity (Wildman–Crippen MR) is 121 cm³/mol. The maximum absolute atomic E-state index is 12.6. The molecule has 1 saturated carbocycles. The lowest BCUT2D eigenvalue weighted by Crippen LogP contribution is -2.50. The minimum atomic E-state index is -1.04. The van der Waals surface area contributed by atoms with E-state index in [4.69, 9.17) is 16.6 Å². The monoisotopic (exact) mass is 455 g/mol. The highest BCUT2D eigenvalue weighted by atomic mass is 16.4. The Morgan fingerprint density at radius 1 is 1.22 bits per heavy atom. The van der Waals surface area contributed by atoms with Crippen LogP contribution in [0.2, 0.25) is 0 Å². The quantitative estimate of drug-likeness (QED) is 0.125. The molecule has 1 aliphatic carbocycles. The third-order valence-corrected chi connectivity index (χ3v) is 6.25. The predicted octanol–water partition coefficient (Wildman–Crippen LogP) is -1.70. The first-order valence-electron chi connectivity index (χ1n) is 11.7. The molecule has 0 unspecified atom stereocenters. The number of nitrogens with one attached hydrogen (secondary N) is 3. The highest BCUT2D eigenvalue weighted by Gasteiger charge is 2.43. The lowest BCUT2D eigenvalue weighted by molar-refractivity contribution is -0.139. The Kier molecular flexibility index (Phi) is 11.3. The second-order valence-electron chi connectivity index (χ2n) is 9.05. The Morgan fingerprint density at radius 3 is 2.56 bits per heavy atom. The summed E-state index contributed by atoms with van der Waals surface area (Å²) < 4.78 is 0. The number of amides is 2. The standard InChI is InChI=1S/C21H41N7O4/c1-27(14-20(30)31)26-19(29)12-18(16-11-15(16)13-22)25-21(32)17(23)5-3-2-4-8-28-9-6-24-7-10-28/h15-18,24H,2-14,22-23H2,1H3,(H,25,32)(H,26,29)(H,30,31)/t15-,16-,17-,18+/m0/s1. The number of piperazine rings is 1. The molecule has 2 amide bonds. The smallest absolute Gasteiger partial charge is 0.319 e. The van der Waals surface area contributed by atoms with Gasteiger partial charge in [-0.1, -0.05) is 12.8 Å². The van der Waals surface area contributed by atoms with E-state index in [1.54, 1.807) is 0 Å². The number of nitrogens with zero attached hydrogens (tertiary/aromatic N) is 2. The van der Waals surface area contributed by atoms with Gasteiger partial charge in [-0.2, -0.15) is 0 Å². The summed E-state index contributed by atoms with van der Waals surface area (Å²) in [5, 5.41) is 16.3. The Balaban J connectivity index is 1.71. The van der Waals surface area contributed by atoms with Crippen LogP contribution in [-0.2, 0) is 14.4 Å². The highest BCUT2D eigenvalue weighted by molar-refractivity contribution is 5.83. The van der Waals surface area contributed by atoms with Crippen molar-refractivity contribution < 1.29 is 19.5 Å². The van der Waals surface area contributed by atoms with Crippen molar-refractivity contribution in [2.75, 3.05) is 52.9 Å². The minimum Gasteiger partial charge on any atom is -0.480 e. The van der Waals surface area contributed by atoms with Crippen molar-refractivity contribution in [3.8, 4) is 0 Å². The second-order valence-corrected chi connectivity index (χ2v) is 9.05. The summed E-state index contributed by atoms with van der Waals surface area (Å²) in [4.78, 5) is 38.2. The van der Waals surface area contributed by atoms with Gasteiger partial charge >= 0.3 is 5.97 Å². The van der Waals surface area contributed by atoms with Gasteiger partial charge in [0, 0.05) is 45.7 Å². The van der Waals surface area contributed by atoms with E-state index in [9.17, 15) is 14.4 Å². The Hall–Kier alpha value is -1.79. The van der Waals surface area contributed by atoms with Gasteiger partial charge < -0.3 is 32.1 Å². The first-order valence-corrected chi connectivity index (χ1v) is 11.7. The van der Waals surface area contributed by atoms with Crippen molar-refractivity contribution in [1.29, 1.82) is 0 Å². The summed E-state index contributed by atoms with van der Waals surface area (Å²) in [5.74, 6) is -1.20. The van der Waals surface area contributed by atoms with Crippen LogP contribution < -0.4 is 27.5 Å². The van der Waals surface area contributed by atoms with E-state index < -0.39 is 12.0 Å². The molecule has 2 fully saturated rings. The molecule has 2 rings (SSSR count). The maximum Gasteiger partial charge on any atom is 0.319 e. The van der Waals surface area contributed by atoms with Crippen LogP contribution in [0.4, 0.5) is 0 Å². The number of unbranched alkanes of at least 4 members (excludes halogenated alkanes) is 2. The first-order chi connectivity index (χ1) is 15.3. The Bertz CT molecular complexity index is 615. The van der Waals surface area contributed by atoms with Gasteiger partial charge in [-0.25, -0.2) is 5.01 Å². The van der Waals surface area contributed by atoms with Crippen molar-refractivity contribution in [2.45, 2.75) is 50.6 Å². The molecule has 11 heteroatoms. The van der Waals surface area contributed by atoms with Gasteiger partial charge in [-0.15, -0.1) is 0 Å². The number of carbonyl (C=O) groups is 3. The lowest BCUT2D eigenvalue weighted by atomic mass is 10.0. The molecule has 1 aliphatic heterocycles. The van der Waals surface area contributed by atoms with Crippen LogP contribution in [0.15, 0.2) is 0 Å². The molecule has 8 N–H and O–H groups in total. The van der Waals surface area contributed by atoms with Crippen LogP contribution in [0.1, 0.15) is 38.5 Å². The Morgan fingerprint density at radius 2 is 1.94 bits per heavy atom. The topological polar surface area (TPSA) is 166 Å². The van der Waals surface area contributed by atoms with Crippen molar-refractivity contribution in [1.82, 2.24) is 26.0 Å². The lowest BCUT2D eigenvalue weighted by Gasteiger charge is -2.27. The van der Waals surface area contributed by atoms with E-state index >= 15 is 0 Å². The first kappa shape index (κ1) is 26.5. The molecular weight excluding hydrogens is 414 g/mol. The number of likely N-dealkylation sites (N-methyl/N-ethyl adjacent to an activating group) is 1. The van der Waals surface area contributed by atoms with Crippen molar-refractivity contribution >= 4 is 17.8 Å². The fraction of sp³-hybridized carbons (Fsp3) is 0.857. The van der Waals surface area contributed by atoms with E-state index in [2.05, 4.69) is 21.0 Å². The van der Waals surface area contributed by atoms with Crippen molar-refractivity contribution in [2.24, 2.45) is 23.3 Å². The highest BCUT2D eigenvalue weighted by Crippen LogP contribution is 2.41. The fourth-order valence-corrected chi connectivity index (χ4v) is 4.28. The van der Waals surface area contributed by atoms with Crippen molar-refractivity contribution in [3.05, 3.63) is 0 Å². The van der Waals surface area contributed by atoms with Gasteiger partial charge in [0.05, 0.1) is 6.04 Å². The number of hydrazine groups is 1. The molecule has 0 aromatic heterocycles. The number of carboxylic acids is 1. The van der Waals surface area contributed by atoms with Crippen LogP contribution in [-0.4, -0.2) is 97.7 Å². The van der Waals surface area contributed by atoms with Gasteiger partial charge in [0.25, 0.3) is 0 Å². The number of hydrogen-bond donors (Lipinski definition) is 6. The van der Waals surface area contributed by atoms with Crippen LogP contribution in [0.3, 0.4) is 0 Å². The summed E-state index contributed by atoms with van der Waals surface area (Å²) in [6, 6.07) is -0.961. The molecule has 0 spiro atoms. The number of carboxylic acid groups (broad SMARTS) is 1. The summed E-state index contributed by atoms with van der Waals surface area (Å²) in [6.07, 6.45) is 4.56. The summed E-state index contributed by atoms with van der Waals surface area (Å²) in [7, 11) is 1.48. The Labute approximate surface area is 190 Å². The summed E-state index contributed by atoms with van der Waals surface area (Å²) in [5.41, 5.74) is 14.4. The molecule has 1 heterocycles. The number of carbonyl (C=O) groups excluding carboxylic acids is 2. The van der Waals surface area contributed by atoms with Gasteiger partial charge in [0.15, 0.2) is 0 Å². The number of rotatable bonds is 15. The van der Waals surface area contributed by atoms with Crippen LogP contribution in [0, 0.1) is 11.8 Å². The number of hydrogen-bond acceptors (Lipinski definition) is 8. The van der Waals surface area contributed by atoms with Gasteiger partial charge in [0.1, 0.15) is 6.54 Å². The second kappa shape index (κ2) is 13.7. The van der Waals surface area contributed by atoms with Crippen LogP contribution in [0.25, 0.3) is 0 Å². The number of nitrogens with two attached hydrogens (primary N) is 2. The molecule has 32 heavy (non-hydrogen) atoms. The van der Waals surface area contributed by atoms with E-state index in [-0.39, 0.29) is 42.7 Å². The third kappa shape index (κ3) is 9.78. The maximum atomic E-state index is 12.6. The zero-order chi connectivity index (χ0) is 23.5. The zero-order valence-corrected chi connectivity index (χ0v) is 19.2. The SMILES string of the molecule is CN(CC(=O)O)NC(=O)C[C@@H](NC(=O)[C@@H](N)CCCCCN1CCNCC1)[C@H]1C[C@H]1CN. The van der Waals surface area contributed by atoms with E-state index in [1.165, 1.54) is 12.1 Å². The molecule has 0 bridgehead atoms. The molecule has 1 saturated heterocycles. The average molecular weight is 456 g/mol. The summed E-state index contributed by atoms with van der Waals surface area (Å²) in [6.45, 7) is 5.56. The van der Waals surface area contributed by atoms with E-state index in [0.717, 1.165) is 58.4 Å². The zero-order valence-electron chi connectivity index (χ0n) is 19.2. The minimum absolute atomic E-state index is 0.0638. The van der Waals surface area contributed by atoms with Crippen molar-refractivity contribution in [3.63, 3.8) is 0 Å². The molecular formula is C21H41N7O4. The molecule has 184 valence electrons. The van der Waals surface area contributed by atoms with Gasteiger partial charge in [0.2, 0.25) is 11.8 Å². The largest absolute Gasteiger partial charge is 0.480 e. The molecule has 4 atom stereocenters. The normalized spacial score (nSPS) is 22.9. The molecule has 0 radical (unpaired) electrons. The van der Waals surface area contributed by atoms with E-state index in [0.29, 0.717) is 13.0 Å². The molecule has 0 aromatic rings. The van der Waals surface area contributed by atoms with Gasteiger partial charge in [-0.3, -0.25) is 19.8 Å². The fourth-order valence-electron chi connectivity index (χ4n) is 4.28. The third-order valence-electron chi connectivity index (χ3n) is 6.25. The average Bonchev–Trinajstić information content (AvgIpc) is 3.52. The number of aliphatic carboxylic acids is 1. The van der Waals surface area contributed by atoms with Crippen LogP contribution >= 0.6 is 0 Å². The van der Waals surface area contributed by atoms with Crippen LogP contribution in [0.5, 0.6) is 0 Å². The van der Waals surface area contributed by atoms with E-state index in [1.807, 2.05) is 0 Å². The molecule has 0 aromatic carbocycles. The van der Waals surface area contributed by atoms with Gasteiger partial charge in [-0.05, 0) is 44.2 Å².